The molecule has 0 aliphatic carbocycles. The SMILES string of the molecule is CC1=CC(C)=NC(=O)C1CNC(=O)c1cc(C2=CC(C)(C)NC(C)(C)C2)nc2c1cnn2C1CCNCC1. The van der Waals surface area contributed by atoms with Crippen LogP contribution in [0.4, 0.5) is 0 Å². The molecule has 2 aromatic rings. The van der Waals surface area contributed by atoms with Gasteiger partial charge in [0.05, 0.1) is 34.8 Å². The maximum atomic E-state index is 13.7. The molecule has 0 spiro atoms. The van der Waals surface area contributed by atoms with Gasteiger partial charge in [-0.05, 0) is 91.6 Å². The Balaban J connectivity index is 1.54. The van der Waals surface area contributed by atoms with Gasteiger partial charge in [0.1, 0.15) is 0 Å². The zero-order chi connectivity index (χ0) is 27.2. The molecule has 1 fully saturated rings. The van der Waals surface area contributed by atoms with Gasteiger partial charge in [0.25, 0.3) is 11.8 Å². The normalized spacial score (nSPS) is 23.6. The number of dihydropyridines is 1. The van der Waals surface area contributed by atoms with Crippen LogP contribution in [0.25, 0.3) is 16.6 Å². The smallest absolute Gasteiger partial charge is 0.254 e. The van der Waals surface area contributed by atoms with E-state index in [0.717, 1.165) is 60.2 Å². The zero-order valence-corrected chi connectivity index (χ0v) is 23.3. The Morgan fingerprint density at radius 3 is 2.61 bits per heavy atom. The predicted molar refractivity (Wildman–Crippen MR) is 150 cm³/mol. The number of aromatic nitrogens is 3. The van der Waals surface area contributed by atoms with Gasteiger partial charge in [-0.1, -0.05) is 11.6 Å². The molecule has 3 N–H and O–H groups in total. The number of nitrogens with one attached hydrogen (secondary N) is 3. The second kappa shape index (κ2) is 9.85. The van der Waals surface area contributed by atoms with Gasteiger partial charge in [-0.15, -0.1) is 0 Å². The van der Waals surface area contributed by atoms with Crippen molar-refractivity contribution in [1.29, 1.82) is 0 Å². The lowest BCUT2D eigenvalue weighted by atomic mass is 9.82. The van der Waals surface area contributed by atoms with Crippen LogP contribution in [0, 0.1) is 5.92 Å². The summed E-state index contributed by atoms with van der Waals surface area (Å²) < 4.78 is 2.00. The highest BCUT2D eigenvalue weighted by Crippen LogP contribution is 2.35. The molecule has 5 heterocycles. The van der Waals surface area contributed by atoms with Crippen molar-refractivity contribution < 1.29 is 9.59 Å². The van der Waals surface area contributed by atoms with Crippen LogP contribution in [0.2, 0.25) is 0 Å². The van der Waals surface area contributed by atoms with Crippen molar-refractivity contribution in [3.63, 3.8) is 0 Å². The first-order valence-electron chi connectivity index (χ1n) is 13.6. The summed E-state index contributed by atoms with van der Waals surface area (Å²) in [6.07, 6.45) is 8.60. The van der Waals surface area contributed by atoms with E-state index >= 15 is 0 Å². The Bertz CT molecular complexity index is 1370. The average Bonchev–Trinajstić information content (AvgIpc) is 3.25. The fraction of sp³-hybridized carbons (Fsp3) is 0.552. The van der Waals surface area contributed by atoms with E-state index in [1.54, 1.807) is 6.20 Å². The first-order chi connectivity index (χ1) is 17.9. The van der Waals surface area contributed by atoms with Gasteiger partial charge in [-0.3, -0.25) is 9.59 Å². The highest BCUT2D eigenvalue weighted by molar-refractivity contribution is 6.07. The van der Waals surface area contributed by atoms with Crippen molar-refractivity contribution in [3.05, 3.63) is 41.2 Å². The molecule has 1 unspecified atom stereocenters. The summed E-state index contributed by atoms with van der Waals surface area (Å²) in [5, 5.41) is 15.6. The number of amides is 2. The monoisotopic (exact) mass is 517 g/mol. The molecule has 38 heavy (non-hydrogen) atoms. The number of hydrogen-bond acceptors (Lipinski definition) is 6. The van der Waals surface area contributed by atoms with Crippen LogP contribution in [-0.4, -0.2) is 63.0 Å². The van der Waals surface area contributed by atoms with Gasteiger partial charge >= 0.3 is 0 Å². The number of fused-ring (bicyclic) bond motifs is 1. The third kappa shape index (κ3) is 5.35. The van der Waals surface area contributed by atoms with E-state index < -0.39 is 5.92 Å². The van der Waals surface area contributed by atoms with Crippen molar-refractivity contribution in [2.45, 2.75) is 77.9 Å². The van der Waals surface area contributed by atoms with Gasteiger partial charge in [0.2, 0.25) is 0 Å². The van der Waals surface area contributed by atoms with Crippen molar-refractivity contribution in [2.24, 2.45) is 10.9 Å². The molecular formula is C29H39N7O2. The number of rotatable bonds is 5. The molecule has 1 saturated heterocycles. The van der Waals surface area contributed by atoms with Crippen LogP contribution < -0.4 is 16.0 Å². The first kappa shape index (κ1) is 26.4. The number of piperidine rings is 1. The second-order valence-electron chi connectivity index (χ2n) is 12.2. The lowest BCUT2D eigenvalue weighted by Crippen LogP contribution is -2.53. The topological polar surface area (TPSA) is 113 Å². The number of carbonyl (C=O) groups is 2. The van der Waals surface area contributed by atoms with E-state index in [0.29, 0.717) is 11.3 Å². The molecule has 3 aliphatic heterocycles. The van der Waals surface area contributed by atoms with Gasteiger partial charge in [0, 0.05) is 23.3 Å². The van der Waals surface area contributed by atoms with Crippen molar-refractivity contribution in [3.8, 4) is 0 Å². The summed E-state index contributed by atoms with van der Waals surface area (Å²) in [7, 11) is 0. The summed E-state index contributed by atoms with van der Waals surface area (Å²) in [6, 6.07) is 2.12. The van der Waals surface area contributed by atoms with Crippen LogP contribution in [0.3, 0.4) is 0 Å². The fourth-order valence-corrected chi connectivity index (χ4v) is 6.22. The molecule has 0 radical (unpaired) electrons. The highest BCUT2D eigenvalue weighted by Gasteiger charge is 2.34. The average molecular weight is 518 g/mol. The minimum Gasteiger partial charge on any atom is -0.351 e. The lowest BCUT2D eigenvalue weighted by molar-refractivity contribution is -0.120. The molecular weight excluding hydrogens is 478 g/mol. The van der Waals surface area contributed by atoms with E-state index in [-0.39, 0.29) is 35.5 Å². The molecule has 5 rings (SSSR count). The van der Waals surface area contributed by atoms with E-state index in [2.05, 4.69) is 54.7 Å². The Labute approximate surface area is 224 Å². The second-order valence-corrected chi connectivity index (χ2v) is 12.2. The molecule has 3 aliphatic rings. The summed E-state index contributed by atoms with van der Waals surface area (Å²) in [6.45, 7) is 14.5. The lowest BCUT2D eigenvalue weighted by Gasteiger charge is -2.41. The van der Waals surface area contributed by atoms with E-state index in [1.165, 1.54) is 0 Å². The Morgan fingerprint density at radius 2 is 1.92 bits per heavy atom. The number of carbonyl (C=O) groups excluding carboxylic acids is 2. The molecule has 2 aromatic heterocycles. The first-order valence-corrected chi connectivity index (χ1v) is 13.6. The largest absolute Gasteiger partial charge is 0.351 e. The van der Waals surface area contributed by atoms with Crippen LogP contribution in [0.1, 0.15) is 82.9 Å². The molecule has 0 saturated carbocycles. The van der Waals surface area contributed by atoms with E-state index in [9.17, 15) is 9.59 Å². The Kier molecular flexibility index (Phi) is 6.86. The van der Waals surface area contributed by atoms with Crippen LogP contribution in [0.5, 0.6) is 0 Å². The highest BCUT2D eigenvalue weighted by atomic mass is 16.2. The molecule has 0 bridgehead atoms. The quantitative estimate of drug-likeness (QED) is 0.559. The molecule has 9 nitrogen and oxygen atoms in total. The van der Waals surface area contributed by atoms with E-state index in [4.69, 9.17) is 10.1 Å². The summed E-state index contributed by atoms with van der Waals surface area (Å²) in [4.78, 5) is 35.4. The summed E-state index contributed by atoms with van der Waals surface area (Å²) >= 11 is 0. The summed E-state index contributed by atoms with van der Waals surface area (Å²) in [5.74, 6) is -0.902. The Hall–Kier alpha value is -3.17. The van der Waals surface area contributed by atoms with Gasteiger partial charge < -0.3 is 16.0 Å². The standard InChI is InChI=1S/C29H39N7O2/c1-17-11-18(2)33-27(38)22(17)15-31-26(37)21-12-24(19-13-28(3,4)35-29(5,6)14-19)34-25-23(21)16-32-36(25)20-7-9-30-10-8-20/h11-13,16,20,22,30,35H,7-10,14-15H2,1-6H3,(H,31,37). The predicted octanol–water partition coefficient (Wildman–Crippen LogP) is 3.58. The summed E-state index contributed by atoms with van der Waals surface area (Å²) in [5.41, 5.74) is 4.45. The minimum absolute atomic E-state index is 0.119. The maximum absolute atomic E-state index is 13.7. The molecule has 0 aromatic carbocycles. The van der Waals surface area contributed by atoms with Crippen LogP contribution in [0.15, 0.2) is 35.0 Å². The van der Waals surface area contributed by atoms with Crippen molar-refractivity contribution in [1.82, 2.24) is 30.7 Å². The molecule has 1 atom stereocenters. The number of hydrogen-bond donors (Lipinski definition) is 3. The van der Waals surface area contributed by atoms with Crippen molar-refractivity contribution >= 4 is 34.1 Å². The van der Waals surface area contributed by atoms with Gasteiger partial charge in [-0.25, -0.2) is 14.7 Å². The third-order valence-electron chi connectivity index (χ3n) is 7.66. The maximum Gasteiger partial charge on any atom is 0.254 e. The van der Waals surface area contributed by atoms with Crippen LogP contribution >= 0.6 is 0 Å². The van der Waals surface area contributed by atoms with Gasteiger partial charge in [0.15, 0.2) is 5.65 Å². The van der Waals surface area contributed by atoms with Crippen molar-refractivity contribution in [2.75, 3.05) is 19.6 Å². The molecule has 9 heteroatoms. The number of pyridine rings is 1. The van der Waals surface area contributed by atoms with Crippen LogP contribution in [-0.2, 0) is 4.79 Å². The van der Waals surface area contributed by atoms with Gasteiger partial charge in [-0.2, -0.15) is 5.10 Å². The zero-order valence-electron chi connectivity index (χ0n) is 23.3. The number of nitrogens with zero attached hydrogens (tertiary/aromatic N) is 4. The third-order valence-corrected chi connectivity index (χ3v) is 7.66. The fourth-order valence-electron chi connectivity index (χ4n) is 6.22. The molecule has 202 valence electrons. The minimum atomic E-state index is -0.453. The van der Waals surface area contributed by atoms with E-state index in [1.807, 2.05) is 30.7 Å². The molecule has 2 amide bonds. The number of allylic oxidation sites excluding steroid dienone is 1. The Morgan fingerprint density at radius 1 is 1.18 bits per heavy atom. The number of aliphatic imine (C=N–C) groups is 1.